The van der Waals surface area contributed by atoms with E-state index in [-0.39, 0.29) is 12.8 Å². The monoisotopic (exact) mass is 326 g/mol. The van der Waals surface area contributed by atoms with Crippen LogP contribution in [0.1, 0.15) is 30.1 Å². The lowest BCUT2D eigenvalue weighted by Gasteiger charge is -2.10. The van der Waals surface area contributed by atoms with Gasteiger partial charge in [-0.05, 0) is 11.1 Å². The number of aliphatic carboxylic acids is 1. The van der Waals surface area contributed by atoms with Crippen molar-refractivity contribution in [2.45, 2.75) is 18.9 Å². The molecule has 24 heavy (non-hydrogen) atoms. The second kappa shape index (κ2) is 8.59. The molecule has 0 aromatic heterocycles. The van der Waals surface area contributed by atoms with Crippen molar-refractivity contribution in [3.63, 3.8) is 0 Å². The molecule has 2 aromatic carbocycles. The highest BCUT2D eigenvalue weighted by molar-refractivity contribution is 6.02. The van der Waals surface area contributed by atoms with Crippen LogP contribution in [0.3, 0.4) is 0 Å². The number of nitrogens with one attached hydrogen (secondary N) is 1. The van der Waals surface area contributed by atoms with Gasteiger partial charge in [-0.2, -0.15) is 5.10 Å². The lowest BCUT2D eigenvalue weighted by atomic mass is 10.1. The van der Waals surface area contributed by atoms with Crippen LogP contribution in [0.5, 0.6) is 0 Å². The van der Waals surface area contributed by atoms with Crippen LogP contribution in [0.4, 0.5) is 0 Å². The highest BCUT2D eigenvalue weighted by atomic mass is 16.4. The number of benzene rings is 2. The van der Waals surface area contributed by atoms with E-state index in [1.54, 1.807) is 54.6 Å². The van der Waals surface area contributed by atoms with Crippen molar-refractivity contribution in [1.82, 2.24) is 5.43 Å². The molecule has 0 spiro atoms. The van der Waals surface area contributed by atoms with Gasteiger partial charge in [-0.3, -0.25) is 9.59 Å². The quantitative estimate of drug-likeness (QED) is 0.536. The third-order valence-electron chi connectivity index (χ3n) is 3.35. The fourth-order valence-electron chi connectivity index (χ4n) is 2.09. The van der Waals surface area contributed by atoms with E-state index in [1.165, 1.54) is 0 Å². The van der Waals surface area contributed by atoms with Crippen LogP contribution in [0.2, 0.25) is 0 Å². The first-order valence-corrected chi connectivity index (χ1v) is 7.44. The molecule has 6 nitrogen and oxygen atoms in total. The number of nitrogens with zero attached hydrogens (tertiary/aromatic N) is 1. The number of carboxylic acids is 1. The van der Waals surface area contributed by atoms with Gasteiger partial charge in [0.1, 0.15) is 0 Å². The van der Waals surface area contributed by atoms with Crippen LogP contribution < -0.4 is 5.43 Å². The van der Waals surface area contributed by atoms with Crippen molar-refractivity contribution in [3.8, 4) is 0 Å². The summed E-state index contributed by atoms with van der Waals surface area (Å²) in [5.74, 6) is -1.63. The SMILES string of the molecule is O=C(O)CC/C(=N/NC(=O)C(O)c1ccccc1)c1ccccc1. The molecule has 0 aliphatic heterocycles. The van der Waals surface area contributed by atoms with Gasteiger partial charge in [0.25, 0.3) is 5.91 Å². The zero-order valence-electron chi connectivity index (χ0n) is 12.9. The van der Waals surface area contributed by atoms with E-state index < -0.39 is 18.0 Å². The Morgan fingerprint density at radius 1 is 0.958 bits per heavy atom. The first-order valence-electron chi connectivity index (χ1n) is 7.44. The largest absolute Gasteiger partial charge is 0.481 e. The fraction of sp³-hybridized carbons (Fsp3) is 0.167. The number of carbonyl (C=O) groups excluding carboxylic acids is 1. The summed E-state index contributed by atoms with van der Waals surface area (Å²) in [6.45, 7) is 0. The maximum Gasteiger partial charge on any atom is 0.303 e. The third kappa shape index (κ3) is 5.03. The first-order chi connectivity index (χ1) is 11.6. The number of hydrogen-bond acceptors (Lipinski definition) is 4. The average Bonchev–Trinajstić information content (AvgIpc) is 2.62. The van der Waals surface area contributed by atoms with Gasteiger partial charge >= 0.3 is 5.97 Å². The Morgan fingerprint density at radius 3 is 2.12 bits per heavy atom. The molecule has 124 valence electrons. The van der Waals surface area contributed by atoms with Crippen LogP contribution in [0.25, 0.3) is 0 Å². The summed E-state index contributed by atoms with van der Waals surface area (Å²) >= 11 is 0. The summed E-state index contributed by atoms with van der Waals surface area (Å²) in [5, 5.41) is 22.9. The summed E-state index contributed by atoms with van der Waals surface area (Å²) in [7, 11) is 0. The molecule has 2 rings (SSSR count). The van der Waals surface area contributed by atoms with Crippen molar-refractivity contribution in [3.05, 3.63) is 71.8 Å². The lowest BCUT2D eigenvalue weighted by Crippen LogP contribution is -2.26. The summed E-state index contributed by atoms with van der Waals surface area (Å²) in [5.41, 5.74) is 3.92. The second-order valence-corrected chi connectivity index (χ2v) is 5.11. The van der Waals surface area contributed by atoms with Gasteiger partial charge in [0, 0.05) is 6.42 Å². The molecule has 1 atom stereocenters. The van der Waals surface area contributed by atoms with Crippen LogP contribution in [-0.4, -0.2) is 27.8 Å². The molecule has 0 fully saturated rings. The molecule has 0 heterocycles. The van der Waals surface area contributed by atoms with Gasteiger partial charge in [-0.15, -0.1) is 0 Å². The Hall–Kier alpha value is -2.99. The zero-order chi connectivity index (χ0) is 17.4. The molecule has 6 heteroatoms. The zero-order valence-corrected chi connectivity index (χ0v) is 12.9. The van der Waals surface area contributed by atoms with E-state index in [0.29, 0.717) is 16.8 Å². The number of hydrogen-bond donors (Lipinski definition) is 3. The molecule has 0 saturated carbocycles. The molecule has 0 aliphatic carbocycles. The van der Waals surface area contributed by atoms with E-state index in [2.05, 4.69) is 10.5 Å². The van der Waals surface area contributed by atoms with Gasteiger partial charge in [0.05, 0.1) is 12.1 Å². The predicted molar refractivity (Wildman–Crippen MR) is 89.4 cm³/mol. The van der Waals surface area contributed by atoms with Gasteiger partial charge in [-0.25, -0.2) is 5.43 Å². The number of rotatable bonds is 7. The van der Waals surface area contributed by atoms with Crippen LogP contribution in [0, 0.1) is 0 Å². The Morgan fingerprint density at radius 2 is 1.54 bits per heavy atom. The van der Waals surface area contributed by atoms with Crippen LogP contribution in [0.15, 0.2) is 65.8 Å². The minimum absolute atomic E-state index is 0.106. The molecular weight excluding hydrogens is 308 g/mol. The Balaban J connectivity index is 2.11. The highest BCUT2D eigenvalue weighted by Gasteiger charge is 2.17. The molecule has 3 N–H and O–H groups in total. The van der Waals surface area contributed by atoms with E-state index in [9.17, 15) is 14.7 Å². The van der Waals surface area contributed by atoms with Crippen LogP contribution in [-0.2, 0) is 9.59 Å². The predicted octanol–water partition coefficient (Wildman–Crippen LogP) is 2.11. The maximum atomic E-state index is 12.0. The normalized spacial score (nSPS) is 12.5. The lowest BCUT2D eigenvalue weighted by molar-refractivity contribution is -0.136. The average molecular weight is 326 g/mol. The first kappa shape index (κ1) is 17.4. The Kier molecular flexibility index (Phi) is 6.22. The highest BCUT2D eigenvalue weighted by Crippen LogP contribution is 2.12. The molecule has 0 bridgehead atoms. The molecule has 2 aromatic rings. The summed E-state index contributed by atoms with van der Waals surface area (Å²) < 4.78 is 0. The smallest absolute Gasteiger partial charge is 0.303 e. The number of carboxylic acid groups (broad SMARTS) is 1. The van der Waals surface area contributed by atoms with E-state index in [4.69, 9.17) is 5.11 Å². The van der Waals surface area contributed by atoms with Crippen molar-refractivity contribution in [2.24, 2.45) is 5.10 Å². The van der Waals surface area contributed by atoms with E-state index in [1.807, 2.05) is 6.07 Å². The molecule has 1 unspecified atom stereocenters. The Bertz CT molecular complexity index is 714. The van der Waals surface area contributed by atoms with Gasteiger partial charge in [0.2, 0.25) is 0 Å². The van der Waals surface area contributed by atoms with Gasteiger partial charge < -0.3 is 10.2 Å². The van der Waals surface area contributed by atoms with E-state index in [0.717, 1.165) is 0 Å². The molecule has 0 saturated heterocycles. The Labute approximate surface area is 139 Å². The molecule has 0 radical (unpaired) electrons. The number of aliphatic hydroxyl groups excluding tert-OH is 1. The number of hydrazone groups is 1. The van der Waals surface area contributed by atoms with Crippen molar-refractivity contribution >= 4 is 17.6 Å². The van der Waals surface area contributed by atoms with Gasteiger partial charge in [0.15, 0.2) is 6.10 Å². The fourth-order valence-corrected chi connectivity index (χ4v) is 2.09. The topological polar surface area (TPSA) is 99.0 Å². The summed E-state index contributed by atoms with van der Waals surface area (Å²) in [4.78, 5) is 22.8. The molecule has 1 amide bonds. The van der Waals surface area contributed by atoms with Gasteiger partial charge in [-0.1, -0.05) is 60.7 Å². The molecule has 0 aliphatic rings. The van der Waals surface area contributed by atoms with Crippen molar-refractivity contribution in [2.75, 3.05) is 0 Å². The minimum Gasteiger partial charge on any atom is -0.481 e. The van der Waals surface area contributed by atoms with Crippen LogP contribution >= 0.6 is 0 Å². The van der Waals surface area contributed by atoms with Crippen molar-refractivity contribution < 1.29 is 19.8 Å². The molecular formula is C18H18N2O4. The van der Waals surface area contributed by atoms with E-state index >= 15 is 0 Å². The number of amides is 1. The standard InChI is InChI=1S/C18H18N2O4/c21-16(22)12-11-15(13-7-3-1-4-8-13)19-20-18(24)17(23)14-9-5-2-6-10-14/h1-10,17,23H,11-12H2,(H,20,24)(H,21,22)/b19-15-. The second-order valence-electron chi connectivity index (χ2n) is 5.11. The summed E-state index contributed by atoms with van der Waals surface area (Å²) in [6.07, 6.45) is -1.28. The maximum absolute atomic E-state index is 12.0. The third-order valence-corrected chi connectivity index (χ3v) is 3.35. The van der Waals surface area contributed by atoms with Crippen molar-refractivity contribution in [1.29, 1.82) is 0 Å². The number of carbonyl (C=O) groups is 2. The summed E-state index contributed by atoms with van der Waals surface area (Å²) in [6, 6.07) is 17.5. The minimum atomic E-state index is -1.34. The number of aliphatic hydroxyl groups is 1.